The van der Waals surface area contributed by atoms with Gasteiger partial charge in [-0.1, -0.05) is 109 Å². The van der Waals surface area contributed by atoms with Crippen LogP contribution in [-0.4, -0.2) is 45.9 Å². The van der Waals surface area contributed by atoms with Crippen LogP contribution in [-0.2, 0) is 26.3 Å². The predicted molar refractivity (Wildman–Crippen MR) is 191 cm³/mol. The van der Waals surface area contributed by atoms with Gasteiger partial charge in [0.1, 0.15) is 23.4 Å². The smallest absolute Gasteiger partial charge is 0.326 e. The number of carboxylic acids is 1. The Bertz CT molecular complexity index is 2040. The molecule has 1 aromatic heterocycles. The molecule has 0 bridgehead atoms. The molecule has 9 nitrogen and oxygen atoms in total. The summed E-state index contributed by atoms with van der Waals surface area (Å²) >= 11 is 0. The molecule has 0 radical (unpaired) electrons. The van der Waals surface area contributed by atoms with Crippen LogP contribution < -0.4 is 16.0 Å². The van der Waals surface area contributed by atoms with Gasteiger partial charge in [0.25, 0.3) is 5.91 Å². The van der Waals surface area contributed by atoms with Gasteiger partial charge in [-0.3, -0.25) is 14.4 Å². The normalized spacial score (nSPS) is 12.4. The Morgan fingerprint density at radius 2 is 1.20 bits per heavy atom. The number of carboxylic acid groups (broad SMARTS) is 1. The number of halogens is 1. The van der Waals surface area contributed by atoms with Crippen LogP contribution in [0.4, 0.5) is 4.39 Å². The number of hydrogen-bond donors (Lipinski definition) is 5. The zero-order chi connectivity index (χ0) is 35.8. The Labute approximate surface area is 293 Å². The molecule has 10 heteroatoms. The molecule has 256 valence electrons. The Morgan fingerprint density at radius 1 is 0.667 bits per heavy atom. The molecular weight excluding hydrogens is 647 g/mol. The molecule has 2 atom stereocenters. The second kappa shape index (κ2) is 15.3. The lowest BCUT2D eigenvalue weighted by atomic mass is 9.77. The van der Waals surface area contributed by atoms with Crippen molar-refractivity contribution in [3.05, 3.63) is 179 Å². The third-order valence-electron chi connectivity index (χ3n) is 8.78. The molecule has 6 aromatic rings. The van der Waals surface area contributed by atoms with E-state index in [1.807, 2.05) is 115 Å². The fraction of sp³-hybridized carbons (Fsp3) is 0.122. The average Bonchev–Trinajstić information content (AvgIpc) is 3.57. The highest BCUT2D eigenvalue weighted by Crippen LogP contribution is 2.37. The molecule has 1 heterocycles. The molecule has 0 aliphatic carbocycles. The second-order valence-corrected chi connectivity index (χ2v) is 12.1. The number of hydrogen-bond acceptors (Lipinski definition) is 4. The summed E-state index contributed by atoms with van der Waals surface area (Å²) in [7, 11) is 0. The fourth-order valence-electron chi connectivity index (χ4n) is 6.27. The van der Waals surface area contributed by atoms with Gasteiger partial charge in [-0.2, -0.15) is 0 Å². The third-order valence-corrected chi connectivity index (χ3v) is 8.78. The number of para-hydroxylation sites is 1. The monoisotopic (exact) mass is 682 g/mol. The van der Waals surface area contributed by atoms with Gasteiger partial charge in [-0.15, -0.1) is 0 Å². The summed E-state index contributed by atoms with van der Waals surface area (Å²) in [6, 6.07) is 37.4. The topological polar surface area (TPSA) is 140 Å². The summed E-state index contributed by atoms with van der Waals surface area (Å²) in [5, 5.41) is 19.4. The van der Waals surface area contributed by atoms with E-state index in [0.29, 0.717) is 5.56 Å². The minimum atomic E-state index is -1.65. The fourth-order valence-corrected chi connectivity index (χ4v) is 6.27. The molecule has 0 aliphatic heterocycles. The van der Waals surface area contributed by atoms with Crippen molar-refractivity contribution in [1.82, 2.24) is 20.9 Å². The van der Waals surface area contributed by atoms with Crippen molar-refractivity contribution in [2.45, 2.75) is 30.5 Å². The van der Waals surface area contributed by atoms with Crippen molar-refractivity contribution in [3.8, 4) is 0 Å². The molecule has 0 unspecified atom stereocenters. The Morgan fingerprint density at radius 3 is 1.75 bits per heavy atom. The number of aromatic amines is 1. The van der Waals surface area contributed by atoms with Crippen LogP contribution in [0.3, 0.4) is 0 Å². The van der Waals surface area contributed by atoms with Crippen LogP contribution in [0.2, 0.25) is 0 Å². The maximum Gasteiger partial charge on any atom is 0.326 e. The lowest BCUT2D eigenvalue weighted by Crippen LogP contribution is -2.54. The molecule has 51 heavy (non-hydrogen) atoms. The lowest BCUT2D eigenvalue weighted by molar-refractivity contribution is -0.144. The van der Waals surface area contributed by atoms with E-state index in [2.05, 4.69) is 20.9 Å². The molecular formula is C41H35FN4O5. The Hall–Kier alpha value is -6.55. The van der Waals surface area contributed by atoms with Gasteiger partial charge < -0.3 is 26.0 Å². The summed E-state index contributed by atoms with van der Waals surface area (Å²) in [5.41, 5.74) is 2.66. The van der Waals surface area contributed by atoms with E-state index in [9.17, 15) is 28.7 Å². The highest BCUT2D eigenvalue weighted by Gasteiger charge is 2.39. The van der Waals surface area contributed by atoms with Crippen molar-refractivity contribution < 1.29 is 28.7 Å². The number of fused-ring (bicyclic) bond motifs is 1. The number of amides is 3. The quantitative estimate of drug-likeness (QED) is 0.0993. The van der Waals surface area contributed by atoms with Gasteiger partial charge >= 0.3 is 5.97 Å². The number of benzene rings is 5. The Balaban J connectivity index is 1.28. The summed E-state index contributed by atoms with van der Waals surface area (Å²) in [6.07, 6.45) is 1.11. The van der Waals surface area contributed by atoms with E-state index >= 15 is 0 Å². The standard InChI is InChI=1S/C41H35FN4O5/c42-32-22-20-27(21-23-32)38(48)44-35(24-28-26-43-34-19-11-10-18-33(28)34)39(49)45-36(40(50)51)25-37(47)46-41(29-12-4-1-5-13-29,30-14-6-2-7-15-30)31-16-8-3-9-17-31/h1-23,26,35-36,43H,24-25H2,(H,44,48)(H,45,49)(H,46,47)(H,50,51)/t35-,36-/m0/s1. The zero-order valence-electron chi connectivity index (χ0n) is 27.4. The summed E-state index contributed by atoms with van der Waals surface area (Å²) < 4.78 is 13.6. The third kappa shape index (κ3) is 7.70. The highest BCUT2D eigenvalue weighted by molar-refractivity contribution is 5.99. The number of carbonyl (C=O) groups excluding carboxylic acids is 3. The number of aromatic nitrogens is 1. The number of aliphatic carboxylic acids is 1. The minimum absolute atomic E-state index is 0.000446. The van der Waals surface area contributed by atoms with Gasteiger partial charge in [0.2, 0.25) is 11.8 Å². The van der Waals surface area contributed by atoms with E-state index in [0.717, 1.165) is 39.7 Å². The average molecular weight is 683 g/mol. The van der Waals surface area contributed by atoms with Gasteiger partial charge in [-0.25, -0.2) is 9.18 Å². The van der Waals surface area contributed by atoms with Gasteiger partial charge in [0, 0.05) is 29.1 Å². The first kappa shape index (κ1) is 34.3. The minimum Gasteiger partial charge on any atom is -0.480 e. The van der Waals surface area contributed by atoms with Gasteiger partial charge in [-0.05, 0) is 52.6 Å². The van der Waals surface area contributed by atoms with E-state index in [-0.39, 0.29) is 12.0 Å². The molecule has 3 amide bonds. The first-order valence-corrected chi connectivity index (χ1v) is 16.4. The van der Waals surface area contributed by atoms with Crippen LogP contribution in [0.25, 0.3) is 10.9 Å². The van der Waals surface area contributed by atoms with E-state index in [4.69, 9.17) is 0 Å². The van der Waals surface area contributed by atoms with Crippen LogP contribution in [0.15, 0.2) is 146 Å². The maximum atomic E-state index is 14.0. The van der Waals surface area contributed by atoms with E-state index in [1.165, 1.54) is 12.1 Å². The number of H-pyrrole nitrogens is 1. The van der Waals surface area contributed by atoms with Crippen LogP contribution in [0.5, 0.6) is 0 Å². The van der Waals surface area contributed by atoms with Gasteiger partial charge in [0.05, 0.1) is 6.42 Å². The van der Waals surface area contributed by atoms with Crippen molar-refractivity contribution in [3.63, 3.8) is 0 Å². The maximum absolute atomic E-state index is 14.0. The molecule has 6 rings (SSSR count). The molecule has 0 spiro atoms. The summed E-state index contributed by atoms with van der Waals surface area (Å²) in [4.78, 5) is 56.9. The largest absolute Gasteiger partial charge is 0.480 e. The van der Waals surface area contributed by atoms with Crippen LogP contribution in [0.1, 0.15) is 39.0 Å². The van der Waals surface area contributed by atoms with Crippen molar-refractivity contribution in [2.24, 2.45) is 0 Å². The van der Waals surface area contributed by atoms with Crippen molar-refractivity contribution in [2.75, 3.05) is 0 Å². The first-order chi connectivity index (χ1) is 24.7. The number of carbonyl (C=O) groups is 4. The molecule has 0 aliphatic rings. The first-order valence-electron chi connectivity index (χ1n) is 16.4. The number of nitrogens with one attached hydrogen (secondary N) is 4. The lowest BCUT2D eigenvalue weighted by Gasteiger charge is -2.37. The SMILES string of the molecule is O=C(C[C@H](NC(=O)[C@H](Cc1c[nH]c2ccccc12)NC(=O)c1ccc(F)cc1)C(=O)O)NC(c1ccccc1)(c1ccccc1)c1ccccc1. The van der Waals surface area contributed by atoms with E-state index in [1.54, 1.807) is 6.20 Å². The number of rotatable bonds is 13. The molecule has 0 saturated carbocycles. The molecule has 5 N–H and O–H groups in total. The van der Waals surface area contributed by atoms with Crippen molar-refractivity contribution >= 4 is 34.6 Å². The highest BCUT2D eigenvalue weighted by atomic mass is 19.1. The van der Waals surface area contributed by atoms with Crippen LogP contribution in [0, 0.1) is 5.82 Å². The predicted octanol–water partition coefficient (Wildman–Crippen LogP) is 5.72. The van der Waals surface area contributed by atoms with Crippen LogP contribution >= 0.6 is 0 Å². The Kier molecular flexibility index (Phi) is 10.3. The van der Waals surface area contributed by atoms with E-state index < -0.39 is 53.6 Å². The molecule has 0 fully saturated rings. The summed E-state index contributed by atoms with van der Waals surface area (Å²) in [6.45, 7) is 0. The van der Waals surface area contributed by atoms with Crippen molar-refractivity contribution in [1.29, 1.82) is 0 Å². The van der Waals surface area contributed by atoms with Gasteiger partial charge in [0.15, 0.2) is 0 Å². The molecule has 5 aromatic carbocycles. The second-order valence-electron chi connectivity index (χ2n) is 12.1. The summed E-state index contributed by atoms with van der Waals surface area (Å²) in [5.74, 6) is -4.06. The molecule has 0 saturated heterocycles. The zero-order valence-corrected chi connectivity index (χ0v) is 27.4.